The molecule has 2 aromatic rings. The second-order valence-corrected chi connectivity index (χ2v) is 4.96. The number of aromatic nitrogens is 2. The summed E-state index contributed by atoms with van der Waals surface area (Å²) in [6.45, 7) is 4.80. The van der Waals surface area contributed by atoms with Crippen molar-refractivity contribution in [2.24, 2.45) is 0 Å². The van der Waals surface area contributed by atoms with Crippen molar-refractivity contribution in [3.05, 3.63) is 40.9 Å². The van der Waals surface area contributed by atoms with Gasteiger partial charge in [0.2, 0.25) is 0 Å². The maximum Gasteiger partial charge on any atom is 0.148 e. The van der Waals surface area contributed by atoms with Crippen molar-refractivity contribution in [2.75, 3.05) is 17.2 Å². The molecule has 0 bridgehead atoms. The van der Waals surface area contributed by atoms with E-state index in [1.54, 1.807) is 18.2 Å². The van der Waals surface area contributed by atoms with E-state index in [-0.39, 0.29) is 5.69 Å². The van der Waals surface area contributed by atoms with Gasteiger partial charge in [0, 0.05) is 19.0 Å². The smallest absolute Gasteiger partial charge is 0.148 e. The zero-order valence-corrected chi connectivity index (χ0v) is 12.8. The highest BCUT2D eigenvalue weighted by Crippen LogP contribution is 2.28. The number of aryl methyl sites for hydroxylation is 1. The first kappa shape index (κ1) is 15.5. The Kier molecular flexibility index (Phi) is 5.33. The molecule has 0 amide bonds. The van der Waals surface area contributed by atoms with Gasteiger partial charge in [0.1, 0.15) is 23.3 Å². The number of para-hydroxylation sites is 1. The molecule has 1 aromatic heterocycles. The van der Waals surface area contributed by atoms with Crippen LogP contribution in [0.4, 0.5) is 21.7 Å². The molecular weight excluding hydrogens is 291 g/mol. The van der Waals surface area contributed by atoms with Crippen LogP contribution in [0, 0.1) is 5.82 Å². The van der Waals surface area contributed by atoms with Gasteiger partial charge in [-0.2, -0.15) is 0 Å². The Bertz CT molecular complexity index is 574. The van der Waals surface area contributed by atoms with Crippen molar-refractivity contribution < 1.29 is 4.39 Å². The first-order valence-corrected chi connectivity index (χ1v) is 7.34. The normalized spacial score (nSPS) is 10.5. The quantitative estimate of drug-likeness (QED) is 0.830. The summed E-state index contributed by atoms with van der Waals surface area (Å²) in [6, 6.07) is 6.29. The Morgan fingerprint density at radius 3 is 2.62 bits per heavy atom. The largest absolute Gasteiger partial charge is 0.370 e. The number of nitrogens with one attached hydrogen (secondary N) is 2. The van der Waals surface area contributed by atoms with Crippen LogP contribution >= 0.6 is 11.6 Å². The van der Waals surface area contributed by atoms with Crippen molar-refractivity contribution in [1.82, 2.24) is 9.97 Å². The van der Waals surface area contributed by atoms with Crippen LogP contribution < -0.4 is 10.6 Å². The summed E-state index contributed by atoms with van der Waals surface area (Å²) in [6.07, 6.45) is 1.70. The Balaban J connectivity index is 2.34. The van der Waals surface area contributed by atoms with Gasteiger partial charge >= 0.3 is 0 Å². The summed E-state index contributed by atoms with van der Waals surface area (Å²) in [5.41, 5.74) is 0.225. The van der Waals surface area contributed by atoms with E-state index in [0.717, 1.165) is 19.4 Å². The third-order valence-corrected chi connectivity index (χ3v) is 3.13. The van der Waals surface area contributed by atoms with Crippen molar-refractivity contribution in [3.63, 3.8) is 0 Å². The van der Waals surface area contributed by atoms with Gasteiger partial charge in [-0.25, -0.2) is 14.4 Å². The second kappa shape index (κ2) is 7.22. The minimum Gasteiger partial charge on any atom is -0.370 e. The van der Waals surface area contributed by atoms with E-state index < -0.39 is 5.82 Å². The first-order chi connectivity index (χ1) is 10.1. The SMILES string of the molecule is CCCc1nc(NCC)cc(Nc2c(F)cccc2Cl)n1. The van der Waals surface area contributed by atoms with E-state index in [4.69, 9.17) is 11.6 Å². The van der Waals surface area contributed by atoms with Crippen LogP contribution in [-0.4, -0.2) is 16.5 Å². The molecule has 0 aliphatic carbocycles. The molecule has 2 rings (SSSR count). The zero-order chi connectivity index (χ0) is 15.2. The summed E-state index contributed by atoms with van der Waals surface area (Å²) in [5.74, 6) is 1.54. The molecule has 112 valence electrons. The number of benzene rings is 1. The van der Waals surface area contributed by atoms with Crippen LogP contribution in [0.3, 0.4) is 0 Å². The molecule has 1 heterocycles. The van der Waals surface area contributed by atoms with Crippen molar-refractivity contribution in [3.8, 4) is 0 Å². The Hall–Kier alpha value is -1.88. The molecule has 4 nitrogen and oxygen atoms in total. The van der Waals surface area contributed by atoms with Crippen molar-refractivity contribution >= 4 is 28.9 Å². The molecule has 0 radical (unpaired) electrons. The van der Waals surface area contributed by atoms with Gasteiger partial charge in [-0.15, -0.1) is 0 Å². The van der Waals surface area contributed by atoms with Crippen LogP contribution in [0.5, 0.6) is 0 Å². The standard InChI is InChI=1S/C15H18ClFN4/c1-3-6-12-19-13(18-4-2)9-14(20-12)21-15-10(16)7-5-8-11(15)17/h5,7-9H,3-4,6H2,1-2H3,(H2,18,19,20,21). The molecule has 0 aliphatic heterocycles. The van der Waals surface area contributed by atoms with Gasteiger partial charge in [0.05, 0.1) is 10.7 Å². The monoisotopic (exact) mass is 308 g/mol. The lowest BCUT2D eigenvalue weighted by atomic mass is 10.3. The fraction of sp³-hybridized carbons (Fsp3) is 0.333. The van der Waals surface area contributed by atoms with Crippen molar-refractivity contribution in [1.29, 1.82) is 0 Å². The third-order valence-electron chi connectivity index (χ3n) is 2.82. The summed E-state index contributed by atoms with van der Waals surface area (Å²) < 4.78 is 13.8. The van der Waals surface area contributed by atoms with Crippen LogP contribution in [0.2, 0.25) is 5.02 Å². The first-order valence-electron chi connectivity index (χ1n) is 6.97. The minimum absolute atomic E-state index is 0.225. The third kappa shape index (κ3) is 4.04. The summed E-state index contributed by atoms with van der Waals surface area (Å²) in [7, 11) is 0. The van der Waals surface area contributed by atoms with Gasteiger partial charge in [-0.3, -0.25) is 0 Å². The molecule has 0 fully saturated rings. The molecule has 0 aliphatic rings. The molecule has 0 spiro atoms. The average Bonchev–Trinajstić information content (AvgIpc) is 2.44. The maximum absolute atomic E-state index is 13.8. The van der Waals surface area contributed by atoms with Gasteiger partial charge in [-0.1, -0.05) is 24.6 Å². The fourth-order valence-electron chi connectivity index (χ4n) is 1.91. The highest BCUT2D eigenvalue weighted by Gasteiger charge is 2.10. The summed E-state index contributed by atoms with van der Waals surface area (Å²) in [5, 5.41) is 6.40. The predicted octanol–water partition coefficient (Wildman–Crippen LogP) is 4.40. The van der Waals surface area contributed by atoms with Crippen LogP contribution in [-0.2, 0) is 6.42 Å². The van der Waals surface area contributed by atoms with E-state index in [1.165, 1.54) is 6.07 Å². The van der Waals surface area contributed by atoms with Gasteiger partial charge < -0.3 is 10.6 Å². The molecule has 2 N–H and O–H groups in total. The maximum atomic E-state index is 13.8. The Morgan fingerprint density at radius 1 is 1.19 bits per heavy atom. The summed E-state index contributed by atoms with van der Waals surface area (Å²) in [4.78, 5) is 8.81. The van der Waals surface area contributed by atoms with E-state index in [1.807, 2.05) is 6.92 Å². The molecular formula is C15H18ClFN4. The van der Waals surface area contributed by atoms with Gasteiger partial charge in [0.15, 0.2) is 0 Å². The highest BCUT2D eigenvalue weighted by atomic mass is 35.5. The van der Waals surface area contributed by atoms with Crippen LogP contribution in [0.25, 0.3) is 0 Å². The van der Waals surface area contributed by atoms with Crippen LogP contribution in [0.15, 0.2) is 24.3 Å². The topological polar surface area (TPSA) is 49.8 Å². The van der Waals surface area contributed by atoms with E-state index >= 15 is 0 Å². The predicted molar refractivity (Wildman–Crippen MR) is 84.9 cm³/mol. The minimum atomic E-state index is -0.414. The number of halogens is 2. The molecule has 0 saturated heterocycles. The lowest BCUT2D eigenvalue weighted by Gasteiger charge is -2.12. The highest BCUT2D eigenvalue weighted by molar-refractivity contribution is 6.33. The van der Waals surface area contributed by atoms with E-state index in [9.17, 15) is 4.39 Å². The zero-order valence-electron chi connectivity index (χ0n) is 12.1. The number of rotatable bonds is 6. The van der Waals surface area contributed by atoms with E-state index in [0.29, 0.717) is 22.5 Å². The van der Waals surface area contributed by atoms with Gasteiger partial charge in [-0.05, 0) is 25.5 Å². The molecule has 0 unspecified atom stereocenters. The second-order valence-electron chi connectivity index (χ2n) is 4.56. The lowest BCUT2D eigenvalue weighted by Crippen LogP contribution is -2.06. The molecule has 1 aromatic carbocycles. The fourth-order valence-corrected chi connectivity index (χ4v) is 2.12. The molecule has 0 saturated carbocycles. The number of hydrogen-bond donors (Lipinski definition) is 2. The molecule has 0 atom stereocenters. The van der Waals surface area contributed by atoms with E-state index in [2.05, 4.69) is 27.5 Å². The Labute approximate surface area is 128 Å². The number of anilines is 3. The average molecular weight is 309 g/mol. The Morgan fingerprint density at radius 2 is 1.95 bits per heavy atom. The van der Waals surface area contributed by atoms with Crippen LogP contribution in [0.1, 0.15) is 26.1 Å². The lowest BCUT2D eigenvalue weighted by molar-refractivity contribution is 0.632. The number of nitrogens with zero attached hydrogens (tertiary/aromatic N) is 2. The number of hydrogen-bond acceptors (Lipinski definition) is 4. The van der Waals surface area contributed by atoms with Gasteiger partial charge in [0.25, 0.3) is 0 Å². The molecule has 21 heavy (non-hydrogen) atoms. The van der Waals surface area contributed by atoms with Crippen molar-refractivity contribution in [2.45, 2.75) is 26.7 Å². The summed E-state index contributed by atoms with van der Waals surface area (Å²) >= 11 is 6.02. The molecule has 6 heteroatoms.